The van der Waals surface area contributed by atoms with Gasteiger partial charge in [0.1, 0.15) is 0 Å². The molecule has 1 atom stereocenters. The summed E-state index contributed by atoms with van der Waals surface area (Å²) in [5.74, 6) is 0.247. The molecule has 1 saturated heterocycles. The monoisotopic (exact) mass is 369 g/mol. The van der Waals surface area contributed by atoms with Crippen LogP contribution in [0, 0.1) is 12.8 Å². The molecule has 5 nitrogen and oxygen atoms in total. The molecular formula is C20H23N3O2S. The van der Waals surface area contributed by atoms with E-state index in [0.717, 1.165) is 43.1 Å². The van der Waals surface area contributed by atoms with Crippen LogP contribution < -0.4 is 5.32 Å². The third-order valence-electron chi connectivity index (χ3n) is 4.52. The van der Waals surface area contributed by atoms with Crippen LogP contribution in [0.15, 0.2) is 42.3 Å². The largest absolute Gasteiger partial charge is 0.338 e. The van der Waals surface area contributed by atoms with Gasteiger partial charge in [-0.05, 0) is 56.0 Å². The molecule has 2 heterocycles. The Hall–Kier alpha value is -2.47. The summed E-state index contributed by atoms with van der Waals surface area (Å²) in [6.45, 7) is 7.00. The number of carbonyl (C=O) groups excluding carboxylic acids is 2. The Kier molecular flexibility index (Phi) is 5.83. The maximum atomic E-state index is 12.8. The van der Waals surface area contributed by atoms with Gasteiger partial charge in [-0.2, -0.15) is 0 Å². The number of aryl methyl sites for hydroxylation is 1. The number of nitrogens with zero attached hydrogens (tertiary/aromatic N) is 2. The number of benzene rings is 1. The second-order valence-electron chi connectivity index (χ2n) is 6.62. The first kappa shape index (κ1) is 18.3. The third-order valence-corrected chi connectivity index (χ3v) is 5.51. The lowest BCUT2D eigenvalue weighted by molar-refractivity contribution is -0.111. The van der Waals surface area contributed by atoms with Crippen molar-refractivity contribution in [1.82, 2.24) is 9.88 Å². The van der Waals surface area contributed by atoms with Gasteiger partial charge >= 0.3 is 0 Å². The molecule has 0 bridgehead atoms. The molecule has 0 spiro atoms. The van der Waals surface area contributed by atoms with E-state index in [2.05, 4.69) is 22.3 Å². The Morgan fingerprint density at radius 3 is 2.81 bits per heavy atom. The number of thiazole rings is 1. The van der Waals surface area contributed by atoms with Gasteiger partial charge in [-0.25, -0.2) is 4.98 Å². The fourth-order valence-electron chi connectivity index (χ4n) is 3.23. The molecule has 1 aliphatic heterocycles. The van der Waals surface area contributed by atoms with Gasteiger partial charge < -0.3 is 10.2 Å². The molecule has 0 radical (unpaired) electrons. The number of hydrogen-bond acceptors (Lipinski definition) is 4. The highest BCUT2D eigenvalue weighted by Gasteiger charge is 2.25. The highest BCUT2D eigenvalue weighted by molar-refractivity contribution is 7.09. The SMILES string of the molecule is C=CC(=O)Nc1ccc(C(=O)N2CCCC(Cc3nc(C)cs3)C2)cc1. The quantitative estimate of drug-likeness (QED) is 0.818. The van der Waals surface area contributed by atoms with E-state index in [1.54, 1.807) is 35.6 Å². The Morgan fingerprint density at radius 1 is 1.38 bits per heavy atom. The number of amides is 2. The number of carbonyl (C=O) groups is 2. The van der Waals surface area contributed by atoms with Gasteiger partial charge in [0.15, 0.2) is 0 Å². The topological polar surface area (TPSA) is 62.3 Å². The zero-order valence-corrected chi connectivity index (χ0v) is 15.7. The Morgan fingerprint density at radius 2 is 2.15 bits per heavy atom. The molecule has 6 heteroatoms. The van der Waals surface area contributed by atoms with Gasteiger partial charge in [-0.1, -0.05) is 6.58 Å². The van der Waals surface area contributed by atoms with Crippen LogP contribution in [0.3, 0.4) is 0 Å². The zero-order valence-electron chi connectivity index (χ0n) is 14.9. The molecule has 1 unspecified atom stereocenters. The maximum Gasteiger partial charge on any atom is 0.253 e. The Bertz CT molecular complexity index is 798. The molecule has 1 N–H and O–H groups in total. The van der Waals surface area contributed by atoms with Crippen molar-refractivity contribution in [3.8, 4) is 0 Å². The van der Waals surface area contributed by atoms with Crippen LogP contribution in [-0.4, -0.2) is 34.8 Å². The summed E-state index contributed by atoms with van der Waals surface area (Å²) in [6.07, 6.45) is 4.31. The summed E-state index contributed by atoms with van der Waals surface area (Å²) >= 11 is 1.70. The van der Waals surface area contributed by atoms with E-state index in [9.17, 15) is 9.59 Å². The van der Waals surface area contributed by atoms with E-state index in [1.807, 2.05) is 11.8 Å². The summed E-state index contributed by atoms with van der Waals surface area (Å²) in [7, 11) is 0. The molecule has 3 rings (SSSR count). The second-order valence-corrected chi connectivity index (χ2v) is 7.56. The Balaban J connectivity index is 1.61. The van der Waals surface area contributed by atoms with Crippen molar-refractivity contribution in [3.05, 3.63) is 58.6 Å². The van der Waals surface area contributed by atoms with Gasteiger partial charge in [0.2, 0.25) is 5.91 Å². The number of aromatic nitrogens is 1. The average molecular weight is 369 g/mol. The molecule has 2 amide bonds. The van der Waals surface area contributed by atoms with E-state index in [4.69, 9.17) is 0 Å². The Labute approximate surface area is 157 Å². The maximum absolute atomic E-state index is 12.8. The summed E-state index contributed by atoms with van der Waals surface area (Å²) in [4.78, 5) is 30.6. The first-order chi connectivity index (χ1) is 12.5. The summed E-state index contributed by atoms with van der Waals surface area (Å²) in [5.41, 5.74) is 2.37. The normalized spacial score (nSPS) is 17.0. The molecule has 1 aromatic carbocycles. The fraction of sp³-hybridized carbons (Fsp3) is 0.350. The van der Waals surface area contributed by atoms with Crippen LogP contribution in [-0.2, 0) is 11.2 Å². The lowest BCUT2D eigenvalue weighted by Crippen LogP contribution is -2.40. The zero-order chi connectivity index (χ0) is 18.5. The van der Waals surface area contributed by atoms with Crippen LogP contribution in [0.2, 0.25) is 0 Å². The van der Waals surface area contributed by atoms with Gasteiger partial charge in [-0.15, -0.1) is 11.3 Å². The highest BCUT2D eigenvalue weighted by Crippen LogP contribution is 2.24. The number of piperidine rings is 1. The fourth-order valence-corrected chi connectivity index (χ4v) is 4.12. The van der Waals surface area contributed by atoms with Crippen molar-refractivity contribution in [3.63, 3.8) is 0 Å². The smallest absolute Gasteiger partial charge is 0.253 e. The van der Waals surface area contributed by atoms with E-state index in [1.165, 1.54) is 6.08 Å². The van der Waals surface area contributed by atoms with Gasteiger partial charge in [-0.3, -0.25) is 9.59 Å². The van der Waals surface area contributed by atoms with Crippen molar-refractivity contribution < 1.29 is 9.59 Å². The first-order valence-electron chi connectivity index (χ1n) is 8.79. The molecule has 1 aliphatic rings. The minimum atomic E-state index is -0.264. The van der Waals surface area contributed by atoms with Gasteiger partial charge in [0, 0.05) is 41.8 Å². The minimum absolute atomic E-state index is 0.0478. The number of nitrogens with one attached hydrogen (secondary N) is 1. The van der Waals surface area contributed by atoms with Crippen molar-refractivity contribution >= 4 is 28.8 Å². The first-order valence-corrected chi connectivity index (χ1v) is 9.67. The van der Waals surface area contributed by atoms with E-state index in [0.29, 0.717) is 17.2 Å². The molecule has 1 aromatic heterocycles. The van der Waals surface area contributed by atoms with E-state index in [-0.39, 0.29) is 11.8 Å². The molecule has 136 valence electrons. The molecular weight excluding hydrogens is 346 g/mol. The predicted octanol–water partition coefficient (Wildman–Crippen LogP) is 3.67. The predicted molar refractivity (Wildman–Crippen MR) is 104 cm³/mol. The second kappa shape index (κ2) is 8.27. The van der Waals surface area contributed by atoms with Crippen LogP contribution >= 0.6 is 11.3 Å². The molecule has 0 saturated carbocycles. The van der Waals surface area contributed by atoms with Crippen LogP contribution in [0.25, 0.3) is 0 Å². The minimum Gasteiger partial charge on any atom is -0.338 e. The lowest BCUT2D eigenvalue weighted by atomic mass is 9.94. The van der Waals surface area contributed by atoms with Crippen LogP contribution in [0.4, 0.5) is 5.69 Å². The number of rotatable bonds is 5. The average Bonchev–Trinajstić information content (AvgIpc) is 3.06. The van der Waals surface area contributed by atoms with Crippen LogP contribution in [0.5, 0.6) is 0 Å². The van der Waals surface area contributed by atoms with Crippen molar-refractivity contribution in [1.29, 1.82) is 0 Å². The number of anilines is 1. The highest BCUT2D eigenvalue weighted by atomic mass is 32.1. The molecule has 2 aromatic rings. The van der Waals surface area contributed by atoms with E-state index < -0.39 is 0 Å². The van der Waals surface area contributed by atoms with Crippen molar-refractivity contribution in [2.24, 2.45) is 5.92 Å². The molecule has 1 fully saturated rings. The van der Waals surface area contributed by atoms with Gasteiger partial charge in [0.25, 0.3) is 5.91 Å². The summed E-state index contributed by atoms with van der Waals surface area (Å²) in [5, 5.41) is 5.92. The number of likely N-dealkylation sites (tertiary alicyclic amines) is 1. The van der Waals surface area contributed by atoms with Crippen LogP contribution in [0.1, 0.15) is 33.9 Å². The number of hydrogen-bond donors (Lipinski definition) is 1. The summed E-state index contributed by atoms with van der Waals surface area (Å²) < 4.78 is 0. The molecule has 0 aliphatic carbocycles. The van der Waals surface area contributed by atoms with Crippen molar-refractivity contribution in [2.45, 2.75) is 26.2 Å². The van der Waals surface area contributed by atoms with Gasteiger partial charge in [0.05, 0.1) is 5.01 Å². The van der Waals surface area contributed by atoms with E-state index >= 15 is 0 Å². The standard InChI is InChI=1S/C20H23N3O2S/c1-3-18(24)22-17-8-6-16(7-9-17)20(25)23-10-4-5-15(12-23)11-19-21-14(2)13-26-19/h3,6-9,13,15H,1,4-5,10-12H2,2H3,(H,22,24). The third kappa shape index (κ3) is 4.58. The summed E-state index contributed by atoms with van der Waals surface area (Å²) in [6, 6.07) is 7.01. The lowest BCUT2D eigenvalue weighted by Gasteiger charge is -2.32. The van der Waals surface area contributed by atoms with Crippen molar-refractivity contribution in [2.75, 3.05) is 18.4 Å². The molecule has 26 heavy (non-hydrogen) atoms.